The third-order valence-corrected chi connectivity index (χ3v) is 6.90. The highest BCUT2D eigenvalue weighted by atomic mass is 32.2. The Kier molecular flexibility index (Phi) is 4.02. The zero-order valence-corrected chi connectivity index (χ0v) is 14.1. The van der Waals surface area contributed by atoms with Crippen molar-refractivity contribution in [3.05, 3.63) is 54.9 Å². The molecule has 2 unspecified atom stereocenters. The van der Waals surface area contributed by atoms with Crippen LogP contribution in [0.2, 0.25) is 0 Å². The molecule has 2 atom stereocenters. The Labute approximate surface area is 142 Å². The summed E-state index contributed by atoms with van der Waals surface area (Å²) in [6, 6.07) is 12.5. The molecule has 0 amide bonds. The number of fused-ring (bicyclic) bond motifs is 2. The highest BCUT2D eigenvalue weighted by Gasteiger charge is 2.47. The van der Waals surface area contributed by atoms with E-state index in [1.807, 2.05) is 18.2 Å². The van der Waals surface area contributed by atoms with Gasteiger partial charge in [0.2, 0.25) is 10.0 Å². The first kappa shape index (κ1) is 15.6. The van der Waals surface area contributed by atoms with Crippen molar-refractivity contribution in [3.63, 3.8) is 0 Å². The molecule has 2 saturated heterocycles. The minimum Gasteiger partial charge on any atom is -0.489 e. The second-order valence-electron chi connectivity index (χ2n) is 6.43. The minimum absolute atomic E-state index is 0.0237. The summed E-state index contributed by atoms with van der Waals surface area (Å²) in [4.78, 5) is 4.45. The standard InChI is InChI=1S/C18H20N2O3S/c21-24(22,18-6-2-1-3-7-18)20-14-8-9-15(20)12-17(11-14)23-16-5-4-10-19-13-16/h1-7,10,13-15,17H,8-9,11-12H2. The van der Waals surface area contributed by atoms with Crippen LogP contribution in [0.4, 0.5) is 0 Å². The monoisotopic (exact) mass is 344 g/mol. The van der Waals surface area contributed by atoms with Crippen LogP contribution in [0.25, 0.3) is 0 Å². The van der Waals surface area contributed by atoms with Crippen LogP contribution in [-0.2, 0) is 10.0 Å². The van der Waals surface area contributed by atoms with Crippen LogP contribution >= 0.6 is 0 Å². The second-order valence-corrected chi connectivity index (χ2v) is 8.28. The molecule has 0 spiro atoms. The first-order valence-electron chi connectivity index (χ1n) is 8.30. The summed E-state index contributed by atoms with van der Waals surface area (Å²) in [5.74, 6) is 0.751. The Balaban J connectivity index is 1.53. The number of benzene rings is 1. The van der Waals surface area contributed by atoms with E-state index in [1.54, 1.807) is 41.0 Å². The van der Waals surface area contributed by atoms with E-state index < -0.39 is 10.0 Å². The van der Waals surface area contributed by atoms with Gasteiger partial charge in [-0.05, 0) is 37.1 Å². The van der Waals surface area contributed by atoms with Gasteiger partial charge in [-0.1, -0.05) is 18.2 Å². The second kappa shape index (κ2) is 6.18. The Morgan fingerprint density at radius 3 is 2.33 bits per heavy atom. The van der Waals surface area contributed by atoms with E-state index in [1.165, 1.54) is 0 Å². The van der Waals surface area contributed by atoms with E-state index in [9.17, 15) is 8.42 Å². The van der Waals surface area contributed by atoms with Gasteiger partial charge in [0.1, 0.15) is 11.9 Å². The number of nitrogens with zero attached hydrogens (tertiary/aromatic N) is 2. The number of aromatic nitrogens is 1. The fourth-order valence-corrected chi connectivity index (χ4v) is 5.81. The molecule has 24 heavy (non-hydrogen) atoms. The lowest BCUT2D eigenvalue weighted by Crippen LogP contribution is -2.49. The summed E-state index contributed by atoms with van der Waals surface area (Å²) in [5.41, 5.74) is 0. The van der Waals surface area contributed by atoms with Crippen molar-refractivity contribution >= 4 is 10.0 Å². The van der Waals surface area contributed by atoms with Crippen molar-refractivity contribution in [2.24, 2.45) is 0 Å². The Bertz CT molecular complexity index is 782. The van der Waals surface area contributed by atoms with E-state index >= 15 is 0 Å². The number of piperidine rings is 1. The highest BCUT2D eigenvalue weighted by Crippen LogP contribution is 2.40. The van der Waals surface area contributed by atoms with E-state index in [4.69, 9.17) is 4.74 Å². The molecule has 2 aliphatic heterocycles. The summed E-state index contributed by atoms with van der Waals surface area (Å²) in [5, 5.41) is 0. The molecule has 3 heterocycles. The predicted molar refractivity (Wildman–Crippen MR) is 90.2 cm³/mol. The Morgan fingerprint density at radius 2 is 1.71 bits per heavy atom. The van der Waals surface area contributed by atoms with Crippen molar-refractivity contribution in [1.82, 2.24) is 9.29 Å². The highest BCUT2D eigenvalue weighted by molar-refractivity contribution is 7.89. The molecule has 1 aromatic heterocycles. The number of ether oxygens (including phenoxy) is 1. The van der Waals surface area contributed by atoms with Crippen LogP contribution in [-0.4, -0.2) is 35.9 Å². The van der Waals surface area contributed by atoms with Gasteiger partial charge in [0.05, 0.1) is 11.1 Å². The Morgan fingerprint density at radius 1 is 1.00 bits per heavy atom. The van der Waals surface area contributed by atoms with Crippen LogP contribution in [0.5, 0.6) is 5.75 Å². The average Bonchev–Trinajstić information content (AvgIpc) is 2.89. The lowest BCUT2D eigenvalue weighted by molar-refractivity contribution is 0.0953. The Hall–Kier alpha value is -1.92. The van der Waals surface area contributed by atoms with Crippen LogP contribution in [0.1, 0.15) is 25.7 Å². The maximum Gasteiger partial charge on any atom is 0.243 e. The predicted octanol–water partition coefficient (Wildman–Crippen LogP) is 2.84. The van der Waals surface area contributed by atoms with Gasteiger partial charge in [-0.15, -0.1) is 0 Å². The third kappa shape index (κ3) is 2.80. The largest absolute Gasteiger partial charge is 0.489 e. The average molecular weight is 344 g/mol. The molecule has 0 radical (unpaired) electrons. The number of hydrogen-bond acceptors (Lipinski definition) is 4. The summed E-state index contributed by atoms with van der Waals surface area (Å²) in [7, 11) is -3.43. The summed E-state index contributed by atoms with van der Waals surface area (Å²) in [6.45, 7) is 0. The van der Waals surface area contributed by atoms with Crippen LogP contribution in [0.15, 0.2) is 59.8 Å². The zero-order chi connectivity index (χ0) is 16.6. The fraction of sp³-hybridized carbons (Fsp3) is 0.389. The molecule has 2 aromatic rings. The molecule has 2 bridgehead atoms. The van der Waals surface area contributed by atoms with Gasteiger partial charge >= 0.3 is 0 Å². The lowest BCUT2D eigenvalue weighted by atomic mass is 10.0. The quantitative estimate of drug-likeness (QED) is 0.856. The molecule has 126 valence electrons. The maximum atomic E-state index is 13.0. The van der Waals surface area contributed by atoms with E-state index in [-0.39, 0.29) is 18.2 Å². The van der Waals surface area contributed by atoms with E-state index in [0.29, 0.717) is 4.90 Å². The van der Waals surface area contributed by atoms with Crippen LogP contribution in [0.3, 0.4) is 0 Å². The number of sulfonamides is 1. The van der Waals surface area contributed by atoms with Gasteiger partial charge < -0.3 is 4.74 Å². The fourth-order valence-electron chi connectivity index (χ4n) is 3.90. The van der Waals surface area contributed by atoms with Gasteiger partial charge in [-0.2, -0.15) is 4.31 Å². The molecule has 5 nitrogen and oxygen atoms in total. The van der Waals surface area contributed by atoms with Gasteiger partial charge in [-0.3, -0.25) is 4.98 Å². The molecule has 0 N–H and O–H groups in total. The molecule has 0 aliphatic carbocycles. The SMILES string of the molecule is O=S(=O)(c1ccccc1)N1C2CCC1CC(Oc1cccnc1)C2. The summed E-state index contributed by atoms with van der Waals surface area (Å²) >= 11 is 0. The maximum absolute atomic E-state index is 13.0. The first-order valence-corrected chi connectivity index (χ1v) is 9.74. The summed E-state index contributed by atoms with van der Waals surface area (Å²) in [6.07, 6.45) is 6.75. The van der Waals surface area contributed by atoms with E-state index in [0.717, 1.165) is 31.4 Å². The third-order valence-electron chi connectivity index (χ3n) is 4.88. The van der Waals surface area contributed by atoms with Crippen molar-refractivity contribution in [2.75, 3.05) is 0 Å². The number of hydrogen-bond donors (Lipinski definition) is 0. The van der Waals surface area contributed by atoms with Gasteiger partial charge in [-0.25, -0.2) is 8.42 Å². The first-order chi connectivity index (χ1) is 11.6. The van der Waals surface area contributed by atoms with Crippen molar-refractivity contribution < 1.29 is 13.2 Å². The van der Waals surface area contributed by atoms with Crippen molar-refractivity contribution in [2.45, 2.75) is 48.8 Å². The molecular weight excluding hydrogens is 324 g/mol. The molecular formula is C18H20N2O3S. The smallest absolute Gasteiger partial charge is 0.243 e. The molecule has 4 rings (SSSR count). The topological polar surface area (TPSA) is 59.5 Å². The number of pyridine rings is 1. The van der Waals surface area contributed by atoms with Crippen LogP contribution in [0, 0.1) is 0 Å². The zero-order valence-electron chi connectivity index (χ0n) is 13.3. The molecule has 0 saturated carbocycles. The van der Waals surface area contributed by atoms with Gasteiger partial charge in [0.25, 0.3) is 0 Å². The molecule has 2 aliphatic rings. The van der Waals surface area contributed by atoms with E-state index in [2.05, 4.69) is 4.98 Å². The van der Waals surface area contributed by atoms with Gasteiger partial charge in [0, 0.05) is 31.1 Å². The molecule has 2 fully saturated rings. The number of rotatable bonds is 4. The van der Waals surface area contributed by atoms with Gasteiger partial charge in [0.15, 0.2) is 0 Å². The molecule has 1 aromatic carbocycles. The van der Waals surface area contributed by atoms with Crippen molar-refractivity contribution in [3.8, 4) is 5.75 Å². The molecule has 6 heteroatoms. The van der Waals surface area contributed by atoms with Crippen molar-refractivity contribution in [1.29, 1.82) is 0 Å². The minimum atomic E-state index is -3.43. The van der Waals surface area contributed by atoms with Crippen LogP contribution < -0.4 is 4.74 Å². The summed E-state index contributed by atoms with van der Waals surface area (Å²) < 4.78 is 33.7. The normalized spacial score (nSPS) is 27.1. The lowest BCUT2D eigenvalue weighted by Gasteiger charge is -2.37.